The van der Waals surface area contributed by atoms with Crippen molar-refractivity contribution in [3.8, 4) is 11.4 Å². The summed E-state index contributed by atoms with van der Waals surface area (Å²) in [5, 5.41) is 9.25. The fraction of sp³-hybridized carbons (Fsp3) is 0.267. The minimum absolute atomic E-state index is 0.0329. The second kappa shape index (κ2) is 6.23. The van der Waals surface area contributed by atoms with Crippen molar-refractivity contribution in [3.63, 3.8) is 0 Å². The Morgan fingerprint density at radius 2 is 2.32 bits per heavy atom. The van der Waals surface area contributed by atoms with E-state index in [1.807, 2.05) is 12.3 Å². The Kier molecular flexibility index (Phi) is 4.15. The van der Waals surface area contributed by atoms with Crippen LogP contribution in [0, 0.1) is 5.82 Å². The van der Waals surface area contributed by atoms with E-state index in [-0.39, 0.29) is 11.7 Å². The first-order valence-electron chi connectivity index (χ1n) is 7.03. The molecule has 2 aromatic heterocycles. The number of nitrogens with one attached hydrogen (secondary N) is 1. The van der Waals surface area contributed by atoms with Crippen molar-refractivity contribution >= 4 is 22.2 Å². The molecule has 0 radical (unpaired) electrons. The smallest absolute Gasteiger partial charge is 0.219 e. The van der Waals surface area contributed by atoms with Crippen LogP contribution in [0.1, 0.15) is 19.0 Å². The Hall–Kier alpha value is -2.28. The molecule has 114 valence electrons. The first kappa shape index (κ1) is 14.6. The second-order valence-electron chi connectivity index (χ2n) is 4.82. The van der Waals surface area contributed by atoms with Gasteiger partial charge in [0.1, 0.15) is 5.82 Å². The minimum atomic E-state index is -0.307. The summed E-state index contributed by atoms with van der Waals surface area (Å²) in [5.41, 5.74) is 1.63. The molecule has 0 bridgehead atoms. The Morgan fingerprint density at radius 3 is 3.09 bits per heavy atom. The van der Waals surface area contributed by atoms with E-state index in [9.17, 15) is 9.18 Å². The number of amides is 1. The summed E-state index contributed by atoms with van der Waals surface area (Å²) >= 11 is 1.48. The Labute approximate surface area is 130 Å². The summed E-state index contributed by atoms with van der Waals surface area (Å²) in [6, 6.07) is 6.23. The molecule has 0 saturated carbocycles. The molecular weight excluding hydrogens is 303 g/mol. The van der Waals surface area contributed by atoms with Crippen molar-refractivity contribution in [3.05, 3.63) is 41.2 Å². The van der Waals surface area contributed by atoms with Crippen molar-refractivity contribution < 1.29 is 9.18 Å². The molecule has 7 heteroatoms. The van der Waals surface area contributed by atoms with Gasteiger partial charge in [0.2, 0.25) is 10.9 Å². The fourth-order valence-corrected chi connectivity index (χ4v) is 2.96. The number of nitrogens with zero attached hydrogens (tertiary/aromatic N) is 3. The van der Waals surface area contributed by atoms with Gasteiger partial charge in [0.05, 0.1) is 5.69 Å². The maximum Gasteiger partial charge on any atom is 0.219 e. The molecule has 0 atom stereocenters. The van der Waals surface area contributed by atoms with Gasteiger partial charge in [0, 0.05) is 30.3 Å². The summed E-state index contributed by atoms with van der Waals surface area (Å²) in [5.74, 6) is 0.230. The highest BCUT2D eigenvalue weighted by atomic mass is 32.1. The number of hydrogen-bond donors (Lipinski definition) is 1. The summed E-state index contributed by atoms with van der Waals surface area (Å²) in [6.07, 6.45) is 1.16. The van der Waals surface area contributed by atoms with Gasteiger partial charge in [0.25, 0.3) is 0 Å². The van der Waals surface area contributed by atoms with Crippen LogP contribution in [0.4, 0.5) is 4.39 Å². The standard InChI is InChI=1S/C15H15FN4OS/c1-2-13(21)17-7-6-12-9-22-15-18-14(19-20(12)15)10-4-3-5-11(16)8-10/h3-5,8-9H,2,6-7H2,1H3,(H,17,21). The van der Waals surface area contributed by atoms with E-state index < -0.39 is 0 Å². The zero-order valence-electron chi connectivity index (χ0n) is 12.0. The van der Waals surface area contributed by atoms with Gasteiger partial charge in [-0.15, -0.1) is 16.4 Å². The van der Waals surface area contributed by atoms with Gasteiger partial charge in [-0.3, -0.25) is 4.79 Å². The number of aromatic nitrogens is 3. The largest absolute Gasteiger partial charge is 0.356 e. The molecule has 3 aromatic rings. The number of fused-ring (bicyclic) bond motifs is 1. The first-order valence-corrected chi connectivity index (χ1v) is 7.91. The topological polar surface area (TPSA) is 59.3 Å². The van der Waals surface area contributed by atoms with Crippen LogP contribution in [0.5, 0.6) is 0 Å². The third-order valence-electron chi connectivity index (χ3n) is 3.26. The van der Waals surface area contributed by atoms with E-state index in [4.69, 9.17) is 0 Å². The van der Waals surface area contributed by atoms with Crippen LogP contribution in [0.2, 0.25) is 0 Å². The maximum atomic E-state index is 13.3. The molecule has 1 aromatic carbocycles. The van der Waals surface area contributed by atoms with Gasteiger partial charge in [-0.05, 0) is 12.1 Å². The number of hydrogen-bond acceptors (Lipinski definition) is 4. The monoisotopic (exact) mass is 318 g/mol. The van der Waals surface area contributed by atoms with E-state index in [1.54, 1.807) is 16.6 Å². The maximum absolute atomic E-state index is 13.3. The predicted octanol–water partition coefficient (Wildman–Crippen LogP) is 2.67. The summed E-state index contributed by atoms with van der Waals surface area (Å²) in [6.45, 7) is 2.38. The average Bonchev–Trinajstić information content (AvgIpc) is 3.08. The third kappa shape index (κ3) is 2.99. The van der Waals surface area contributed by atoms with Gasteiger partial charge in [-0.25, -0.2) is 8.91 Å². The lowest BCUT2D eigenvalue weighted by Gasteiger charge is -2.01. The predicted molar refractivity (Wildman–Crippen MR) is 83.3 cm³/mol. The molecule has 22 heavy (non-hydrogen) atoms. The Morgan fingerprint density at radius 1 is 1.45 bits per heavy atom. The Balaban J connectivity index is 1.81. The quantitative estimate of drug-likeness (QED) is 0.787. The second-order valence-corrected chi connectivity index (χ2v) is 5.66. The molecule has 2 heterocycles. The van der Waals surface area contributed by atoms with Gasteiger partial charge < -0.3 is 5.32 Å². The molecule has 5 nitrogen and oxygen atoms in total. The summed E-state index contributed by atoms with van der Waals surface area (Å²) in [7, 11) is 0. The molecule has 0 aliphatic carbocycles. The van der Waals surface area contributed by atoms with Crippen LogP contribution in [-0.4, -0.2) is 27.0 Å². The fourth-order valence-electron chi connectivity index (χ4n) is 2.10. The molecule has 1 N–H and O–H groups in total. The molecule has 0 unspecified atom stereocenters. The lowest BCUT2D eigenvalue weighted by Crippen LogP contribution is -2.24. The van der Waals surface area contributed by atoms with Crippen LogP contribution in [0.25, 0.3) is 16.3 Å². The SMILES string of the molecule is CCC(=O)NCCc1csc2nc(-c3cccc(F)c3)nn12. The molecule has 0 saturated heterocycles. The van der Waals surface area contributed by atoms with Crippen molar-refractivity contribution in [2.24, 2.45) is 0 Å². The van der Waals surface area contributed by atoms with E-state index in [2.05, 4.69) is 15.4 Å². The number of benzene rings is 1. The zero-order chi connectivity index (χ0) is 15.5. The average molecular weight is 318 g/mol. The highest BCUT2D eigenvalue weighted by molar-refractivity contribution is 7.15. The van der Waals surface area contributed by atoms with Crippen molar-refractivity contribution in [2.75, 3.05) is 6.54 Å². The van der Waals surface area contributed by atoms with E-state index in [0.717, 1.165) is 10.7 Å². The van der Waals surface area contributed by atoms with Crippen LogP contribution >= 0.6 is 11.3 Å². The van der Waals surface area contributed by atoms with Crippen molar-refractivity contribution in [1.29, 1.82) is 0 Å². The van der Waals surface area contributed by atoms with E-state index in [1.165, 1.54) is 23.5 Å². The number of carbonyl (C=O) groups excluding carboxylic acids is 1. The highest BCUT2D eigenvalue weighted by Gasteiger charge is 2.12. The molecule has 0 spiro atoms. The number of halogens is 1. The molecule has 0 aliphatic heterocycles. The summed E-state index contributed by atoms with van der Waals surface area (Å²) in [4.78, 5) is 16.4. The molecule has 0 fully saturated rings. The normalized spacial score (nSPS) is 11.0. The third-order valence-corrected chi connectivity index (χ3v) is 4.12. The van der Waals surface area contributed by atoms with Gasteiger partial charge in [-0.2, -0.15) is 4.98 Å². The molecule has 3 rings (SSSR count). The van der Waals surface area contributed by atoms with Gasteiger partial charge in [0.15, 0.2) is 5.82 Å². The van der Waals surface area contributed by atoms with Crippen molar-refractivity contribution in [1.82, 2.24) is 19.9 Å². The number of thiazole rings is 1. The van der Waals surface area contributed by atoms with Crippen LogP contribution in [0.3, 0.4) is 0 Å². The van der Waals surface area contributed by atoms with Crippen LogP contribution in [0.15, 0.2) is 29.6 Å². The lowest BCUT2D eigenvalue weighted by molar-refractivity contribution is -0.120. The van der Waals surface area contributed by atoms with Gasteiger partial charge >= 0.3 is 0 Å². The molecular formula is C15H15FN4OS. The van der Waals surface area contributed by atoms with E-state index in [0.29, 0.717) is 30.8 Å². The van der Waals surface area contributed by atoms with Crippen LogP contribution in [-0.2, 0) is 11.2 Å². The lowest BCUT2D eigenvalue weighted by atomic mass is 10.2. The minimum Gasteiger partial charge on any atom is -0.356 e. The van der Waals surface area contributed by atoms with Crippen molar-refractivity contribution in [2.45, 2.75) is 19.8 Å². The van der Waals surface area contributed by atoms with Gasteiger partial charge in [-0.1, -0.05) is 19.1 Å². The van der Waals surface area contributed by atoms with Crippen LogP contribution < -0.4 is 5.32 Å². The molecule has 0 aliphatic rings. The molecule has 1 amide bonds. The number of carbonyl (C=O) groups is 1. The Bertz CT molecular complexity index is 811. The highest BCUT2D eigenvalue weighted by Crippen LogP contribution is 2.21. The first-order chi connectivity index (χ1) is 10.7. The zero-order valence-corrected chi connectivity index (χ0v) is 12.9. The van der Waals surface area contributed by atoms with E-state index >= 15 is 0 Å². The number of rotatable bonds is 5. The summed E-state index contributed by atoms with van der Waals surface area (Å²) < 4.78 is 15.0.